The molecule has 0 fully saturated rings. The van der Waals surface area contributed by atoms with Crippen molar-refractivity contribution in [3.63, 3.8) is 0 Å². The summed E-state index contributed by atoms with van der Waals surface area (Å²) >= 11 is 4.59. The van der Waals surface area contributed by atoms with Gasteiger partial charge in [0.05, 0.1) is 24.3 Å². The molecule has 0 aliphatic carbocycles. The van der Waals surface area contributed by atoms with Crippen LogP contribution in [-0.2, 0) is 0 Å². The van der Waals surface area contributed by atoms with Gasteiger partial charge in [-0.1, -0.05) is 0 Å². The lowest BCUT2D eigenvalue weighted by atomic mass is 10.2. The molecule has 0 amide bonds. The topological polar surface area (TPSA) is 89.8 Å². The van der Waals surface area contributed by atoms with E-state index in [1.54, 1.807) is 25.3 Å². The summed E-state index contributed by atoms with van der Waals surface area (Å²) in [5.41, 5.74) is 8.12. The molecule has 2 rings (SSSR count). The molecule has 6 nitrogen and oxygen atoms in total. The van der Waals surface area contributed by atoms with Gasteiger partial charge in [-0.2, -0.15) is 5.10 Å². The zero-order valence-electron chi connectivity index (χ0n) is 10.0. The molecular formula is C12H11N3O3S. The lowest BCUT2D eigenvalue weighted by Gasteiger charge is -2.02. The lowest BCUT2D eigenvalue weighted by molar-refractivity contribution is 0.414. The van der Waals surface area contributed by atoms with Crippen LogP contribution in [0.25, 0.3) is 11.0 Å². The van der Waals surface area contributed by atoms with Crippen molar-refractivity contribution in [2.45, 2.75) is 0 Å². The van der Waals surface area contributed by atoms with Crippen molar-refractivity contribution < 1.29 is 9.15 Å². The van der Waals surface area contributed by atoms with Gasteiger partial charge in [-0.3, -0.25) is 10.2 Å². The minimum Gasteiger partial charge on any atom is -0.497 e. The van der Waals surface area contributed by atoms with Gasteiger partial charge < -0.3 is 14.9 Å². The Bertz CT molecular complexity index is 709. The molecule has 3 N–H and O–H groups in total. The predicted octanol–water partition coefficient (Wildman–Crippen LogP) is 0.969. The van der Waals surface area contributed by atoms with Gasteiger partial charge in [0, 0.05) is 6.07 Å². The zero-order chi connectivity index (χ0) is 13.8. The van der Waals surface area contributed by atoms with Gasteiger partial charge in [-0.15, -0.1) is 0 Å². The average Bonchev–Trinajstić information content (AvgIpc) is 2.40. The van der Waals surface area contributed by atoms with Crippen LogP contribution in [0.1, 0.15) is 5.56 Å². The Kier molecular flexibility index (Phi) is 3.76. The van der Waals surface area contributed by atoms with Crippen molar-refractivity contribution in [2.24, 2.45) is 10.8 Å². The number of ether oxygens (including phenoxy) is 1. The second-order valence-corrected chi connectivity index (χ2v) is 4.06. The van der Waals surface area contributed by atoms with Crippen molar-refractivity contribution in [3.05, 3.63) is 40.2 Å². The molecule has 2 aromatic rings. The number of hydrazone groups is 1. The van der Waals surface area contributed by atoms with Crippen LogP contribution >= 0.6 is 12.2 Å². The fourth-order valence-electron chi connectivity index (χ4n) is 1.51. The molecule has 98 valence electrons. The second-order valence-electron chi connectivity index (χ2n) is 3.62. The SMILES string of the molecule is COc1ccc2c(=O)c(/C=N/NC(N)=S)coc2c1. The minimum absolute atomic E-state index is 0.0196. The van der Waals surface area contributed by atoms with Crippen LogP contribution in [0, 0.1) is 0 Å². The smallest absolute Gasteiger partial charge is 0.201 e. The number of rotatable bonds is 3. The van der Waals surface area contributed by atoms with Gasteiger partial charge in [0.2, 0.25) is 5.43 Å². The monoisotopic (exact) mass is 277 g/mol. The summed E-state index contributed by atoms with van der Waals surface area (Å²) in [6.07, 6.45) is 2.61. The van der Waals surface area contributed by atoms with Crippen LogP contribution < -0.4 is 21.3 Å². The van der Waals surface area contributed by atoms with Crippen LogP contribution in [0.3, 0.4) is 0 Å². The number of hydrogen-bond donors (Lipinski definition) is 2. The number of nitrogens with two attached hydrogens (primary N) is 1. The van der Waals surface area contributed by atoms with Crippen molar-refractivity contribution >= 4 is 34.5 Å². The summed E-state index contributed by atoms with van der Waals surface area (Å²) in [5.74, 6) is 0.618. The standard InChI is InChI=1S/C12H11N3O3S/c1-17-8-2-3-9-10(4-8)18-6-7(11(9)16)5-14-15-12(13)19/h2-6H,1H3,(H3,13,15,19)/b14-5+. The molecule has 0 aliphatic rings. The second kappa shape index (κ2) is 5.49. The number of nitrogens with one attached hydrogen (secondary N) is 1. The quantitative estimate of drug-likeness (QED) is 0.493. The molecule has 1 aromatic carbocycles. The third-order valence-electron chi connectivity index (χ3n) is 2.39. The van der Waals surface area contributed by atoms with Gasteiger partial charge in [0.15, 0.2) is 5.11 Å². The van der Waals surface area contributed by atoms with E-state index >= 15 is 0 Å². The number of methoxy groups -OCH3 is 1. The molecule has 1 heterocycles. The molecule has 1 aromatic heterocycles. The molecule has 0 saturated heterocycles. The third-order valence-corrected chi connectivity index (χ3v) is 2.48. The van der Waals surface area contributed by atoms with Crippen molar-refractivity contribution in [3.8, 4) is 5.75 Å². The first-order chi connectivity index (χ1) is 9.11. The first-order valence-electron chi connectivity index (χ1n) is 5.30. The van der Waals surface area contributed by atoms with Crippen molar-refractivity contribution in [2.75, 3.05) is 7.11 Å². The van der Waals surface area contributed by atoms with Gasteiger partial charge in [-0.25, -0.2) is 0 Å². The third kappa shape index (κ3) is 2.89. The Morgan fingerprint density at radius 2 is 2.37 bits per heavy atom. The molecule has 0 radical (unpaired) electrons. The van der Waals surface area contributed by atoms with Crippen molar-refractivity contribution in [1.82, 2.24) is 5.43 Å². The van der Waals surface area contributed by atoms with E-state index in [9.17, 15) is 4.79 Å². The summed E-state index contributed by atoms with van der Waals surface area (Å²) in [5, 5.41) is 4.18. The normalized spacial score (nSPS) is 10.8. The number of thiocarbonyl (C=S) groups is 1. The Morgan fingerprint density at radius 3 is 3.05 bits per heavy atom. The van der Waals surface area contributed by atoms with E-state index in [1.807, 2.05) is 0 Å². The maximum Gasteiger partial charge on any atom is 0.201 e. The molecule has 7 heteroatoms. The summed E-state index contributed by atoms with van der Waals surface area (Å²) in [6, 6.07) is 4.97. The van der Waals surface area contributed by atoms with Crippen LogP contribution in [0.2, 0.25) is 0 Å². The average molecular weight is 277 g/mol. The molecule has 0 atom stereocenters. The fraction of sp³-hybridized carbons (Fsp3) is 0.0833. The first-order valence-corrected chi connectivity index (χ1v) is 5.70. The number of fused-ring (bicyclic) bond motifs is 1. The van der Waals surface area contributed by atoms with Crippen LogP contribution in [0.4, 0.5) is 0 Å². The molecular weight excluding hydrogens is 266 g/mol. The summed E-state index contributed by atoms with van der Waals surface area (Å²) in [6.45, 7) is 0. The number of hydrogen-bond acceptors (Lipinski definition) is 5. The Balaban J connectivity index is 2.43. The van der Waals surface area contributed by atoms with E-state index in [1.165, 1.54) is 12.5 Å². The maximum absolute atomic E-state index is 12.1. The highest BCUT2D eigenvalue weighted by Crippen LogP contribution is 2.18. The molecule has 0 spiro atoms. The van der Waals surface area contributed by atoms with Crippen LogP contribution in [0.5, 0.6) is 5.75 Å². The molecule has 0 saturated carbocycles. The van der Waals surface area contributed by atoms with E-state index in [2.05, 4.69) is 22.7 Å². The summed E-state index contributed by atoms with van der Waals surface area (Å²) in [7, 11) is 1.54. The minimum atomic E-state index is -0.197. The van der Waals surface area contributed by atoms with E-state index in [0.717, 1.165) is 0 Å². The van der Waals surface area contributed by atoms with Gasteiger partial charge >= 0.3 is 0 Å². The Labute approximate surface area is 113 Å². The molecule has 0 aliphatic heterocycles. The Morgan fingerprint density at radius 1 is 1.58 bits per heavy atom. The zero-order valence-corrected chi connectivity index (χ0v) is 10.9. The highest BCUT2D eigenvalue weighted by Gasteiger charge is 2.06. The molecule has 0 bridgehead atoms. The van der Waals surface area contributed by atoms with E-state index in [-0.39, 0.29) is 10.5 Å². The Hall–Kier alpha value is -2.41. The first kappa shape index (κ1) is 13.0. The summed E-state index contributed by atoms with van der Waals surface area (Å²) in [4.78, 5) is 12.1. The summed E-state index contributed by atoms with van der Waals surface area (Å²) < 4.78 is 10.4. The van der Waals surface area contributed by atoms with Crippen LogP contribution in [0.15, 0.2) is 38.8 Å². The fourth-order valence-corrected chi connectivity index (χ4v) is 1.56. The van der Waals surface area contributed by atoms with E-state index < -0.39 is 0 Å². The largest absolute Gasteiger partial charge is 0.497 e. The molecule has 19 heavy (non-hydrogen) atoms. The maximum atomic E-state index is 12.1. The van der Waals surface area contributed by atoms with E-state index in [4.69, 9.17) is 14.9 Å². The molecule has 0 unspecified atom stereocenters. The number of nitrogens with zero attached hydrogens (tertiary/aromatic N) is 1. The number of benzene rings is 1. The van der Waals surface area contributed by atoms with Crippen molar-refractivity contribution in [1.29, 1.82) is 0 Å². The van der Waals surface area contributed by atoms with E-state index in [0.29, 0.717) is 22.3 Å². The predicted molar refractivity (Wildman–Crippen MR) is 76.6 cm³/mol. The van der Waals surface area contributed by atoms with Gasteiger partial charge in [0.1, 0.15) is 17.6 Å². The lowest BCUT2D eigenvalue weighted by Crippen LogP contribution is -2.24. The van der Waals surface area contributed by atoms with Crippen LogP contribution in [-0.4, -0.2) is 18.4 Å². The highest BCUT2D eigenvalue weighted by molar-refractivity contribution is 7.80. The highest BCUT2D eigenvalue weighted by atomic mass is 32.1. The van der Waals surface area contributed by atoms with Gasteiger partial charge in [-0.05, 0) is 24.4 Å². The van der Waals surface area contributed by atoms with Gasteiger partial charge in [0.25, 0.3) is 0 Å².